The van der Waals surface area contributed by atoms with Crippen LogP contribution in [-0.4, -0.2) is 39.5 Å². The summed E-state index contributed by atoms with van der Waals surface area (Å²) >= 11 is 3.15. The maximum atomic E-state index is 12.1. The van der Waals surface area contributed by atoms with E-state index in [1.54, 1.807) is 6.07 Å². The number of amides is 1. The summed E-state index contributed by atoms with van der Waals surface area (Å²) in [6.45, 7) is 2.39. The Hall–Kier alpha value is -1.47. The van der Waals surface area contributed by atoms with Gasteiger partial charge in [-0.2, -0.15) is 0 Å². The number of likely N-dealkylation sites (tertiary alicyclic amines) is 1. The highest BCUT2D eigenvalue weighted by Crippen LogP contribution is 2.28. The van der Waals surface area contributed by atoms with E-state index in [4.69, 9.17) is 0 Å². The lowest BCUT2D eigenvalue weighted by molar-refractivity contribution is -0.385. The number of carbonyl (C=O) groups is 1. The molecule has 1 aliphatic heterocycles. The van der Waals surface area contributed by atoms with Crippen LogP contribution >= 0.6 is 15.9 Å². The summed E-state index contributed by atoms with van der Waals surface area (Å²) in [7, 11) is 0. The molecule has 19 heavy (non-hydrogen) atoms. The van der Waals surface area contributed by atoms with E-state index >= 15 is 0 Å². The highest BCUT2D eigenvalue weighted by Gasteiger charge is 2.42. The highest BCUT2D eigenvalue weighted by atomic mass is 79.9. The zero-order chi connectivity index (χ0) is 14.2. The van der Waals surface area contributed by atoms with Crippen LogP contribution in [0.15, 0.2) is 22.7 Å². The van der Waals surface area contributed by atoms with Crippen molar-refractivity contribution in [1.29, 1.82) is 0 Å². The zero-order valence-corrected chi connectivity index (χ0v) is 11.9. The van der Waals surface area contributed by atoms with Crippen LogP contribution < -0.4 is 0 Å². The molecule has 1 aromatic carbocycles. The molecule has 0 bridgehead atoms. The molecular weight excluding hydrogens is 316 g/mol. The van der Waals surface area contributed by atoms with Crippen molar-refractivity contribution in [1.82, 2.24) is 4.90 Å². The van der Waals surface area contributed by atoms with Gasteiger partial charge in [0.15, 0.2) is 0 Å². The average Bonchev–Trinajstić information content (AvgIpc) is 2.33. The van der Waals surface area contributed by atoms with Gasteiger partial charge in [0.25, 0.3) is 11.6 Å². The summed E-state index contributed by atoms with van der Waals surface area (Å²) in [6.07, 6.45) is 0.579. The summed E-state index contributed by atoms with van der Waals surface area (Å²) in [6, 6.07) is 4.13. The molecule has 2 rings (SSSR count). The SMILES string of the molecule is CCC1(O)CN(C(=O)c2cc(Br)cc([N+](=O)[O-])c2)C1. The molecule has 1 amide bonds. The van der Waals surface area contributed by atoms with Gasteiger partial charge in [-0.05, 0) is 12.5 Å². The molecule has 0 saturated carbocycles. The average molecular weight is 329 g/mol. The molecule has 1 aliphatic rings. The Labute approximate surface area is 118 Å². The number of hydrogen-bond acceptors (Lipinski definition) is 4. The molecule has 0 atom stereocenters. The van der Waals surface area contributed by atoms with Gasteiger partial charge in [-0.25, -0.2) is 0 Å². The number of rotatable bonds is 3. The second kappa shape index (κ2) is 4.90. The molecule has 102 valence electrons. The Bertz CT molecular complexity index is 541. The number of halogens is 1. The highest BCUT2D eigenvalue weighted by molar-refractivity contribution is 9.10. The monoisotopic (exact) mass is 328 g/mol. The van der Waals surface area contributed by atoms with E-state index < -0.39 is 10.5 Å². The molecule has 1 saturated heterocycles. The van der Waals surface area contributed by atoms with E-state index in [0.29, 0.717) is 10.9 Å². The van der Waals surface area contributed by atoms with Crippen LogP contribution in [0, 0.1) is 10.1 Å². The molecule has 1 N–H and O–H groups in total. The summed E-state index contributed by atoms with van der Waals surface area (Å²) in [5.74, 6) is -0.303. The summed E-state index contributed by atoms with van der Waals surface area (Å²) in [5.41, 5.74) is -0.698. The maximum absolute atomic E-state index is 12.1. The summed E-state index contributed by atoms with van der Waals surface area (Å²) in [5, 5.41) is 20.6. The first-order valence-electron chi connectivity index (χ1n) is 5.81. The Morgan fingerprint density at radius 2 is 2.16 bits per heavy atom. The van der Waals surface area contributed by atoms with Gasteiger partial charge in [-0.15, -0.1) is 0 Å². The van der Waals surface area contributed by atoms with Crippen molar-refractivity contribution < 1.29 is 14.8 Å². The molecule has 1 aromatic rings. The summed E-state index contributed by atoms with van der Waals surface area (Å²) in [4.78, 5) is 23.8. The van der Waals surface area contributed by atoms with Gasteiger partial charge >= 0.3 is 0 Å². The van der Waals surface area contributed by atoms with Gasteiger partial charge < -0.3 is 10.0 Å². The molecule has 7 heteroatoms. The normalized spacial score (nSPS) is 16.9. The Balaban J connectivity index is 2.19. The Kier molecular flexibility index (Phi) is 3.60. The lowest BCUT2D eigenvalue weighted by Crippen LogP contribution is -2.63. The van der Waals surface area contributed by atoms with E-state index in [9.17, 15) is 20.0 Å². The molecule has 0 unspecified atom stereocenters. The van der Waals surface area contributed by atoms with E-state index in [-0.39, 0.29) is 30.2 Å². The fourth-order valence-electron chi connectivity index (χ4n) is 2.02. The number of nitro benzene ring substituents is 1. The number of nitro groups is 1. The van der Waals surface area contributed by atoms with E-state index in [2.05, 4.69) is 15.9 Å². The Morgan fingerprint density at radius 3 is 2.68 bits per heavy atom. The number of aliphatic hydroxyl groups is 1. The first-order chi connectivity index (χ1) is 8.84. The number of benzene rings is 1. The minimum absolute atomic E-state index is 0.135. The van der Waals surface area contributed by atoms with Crippen LogP contribution in [0.25, 0.3) is 0 Å². The first-order valence-corrected chi connectivity index (χ1v) is 6.60. The van der Waals surface area contributed by atoms with E-state index in [1.807, 2.05) is 6.92 Å². The number of nitrogens with zero attached hydrogens (tertiary/aromatic N) is 2. The van der Waals surface area contributed by atoms with E-state index in [0.717, 1.165) is 0 Å². The fourth-order valence-corrected chi connectivity index (χ4v) is 2.50. The van der Waals surface area contributed by atoms with Crippen molar-refractivity contribution in [2.45, 2.75) is 18.9 Å². The third kappa shape index (κ3) is 2.76. The number of carbonyl (C=O) groups excluding carboxylic acids is 1. The molecular formula is C12H13BrN2O4. The van der Waals surface area contributed by atoms with Crippen molar-refractivity contribution in [2.75, 3.05) is 13.1 Å². The smallest absolute Gasteiger partial charge is 0.271 e. The lowest BCUT2D eigenvalue weighted by Gasteiger charge is -2.46. The van der Waals surface area contributed by atoms with Crippen molar-refractivity contribution in [3.8, 4) is 0 Å². The standard InChI is InChI=1S/C12H13BrN2O4/c1-2-12(17)6-14(7-12)11(16)8-3-9(13)5-10(4-8)15(18)19/h3-5,17H,2,6-7H2,1H3. The van der Waals surface area contributed by atoms with Crippen molar-refractivity contribution in [2.24, 2.45) is 0 Å². The van der Waals surface area contributed by atoms with Gasteiger partial charge in [-0.3, -0.25) is 14.9 Å². The van der Waals surface area contributed by atoms with Crippen molar-refractivity contribution in [3.05, 3.63) is 38.3 Å². The molecule has 0 spiro atoms. The van der Waals surface area contributed by atoms with Crippen LogP contribution in [0.1, 0.15) is 23.7 Å². The minimum Gasteiger partial charge on any atom is -0.386 e. The number of hydrogen-bond donors (Lipinski definition) is 1. The number of β-amino-alcohol motifs (C(OH)–C–C–N with tert-alkyl or cyclic N) is 1. The second-order valence-corrected chi connectivity index (χ2v) is 5.61. The van der Waals surface area contributed by atoms with Crippen LogP contribution in [0.3, 0.4) is 0 Å². The van der Waals surface area contributed by atoms with Gasteiger partial charge in [0.2, 0.25) is 0 Å². The van der Waals surface area contributed by atoms with Crippen LogP contribution in [0.4, 0.5) is 5.69 Å². The molecule has 0 aliphatic carbocycles. The number of non-ortho nitro benzene ring substituents is 1. The summed E-state index contributed by atoms with van der Waals surface area (Å²) < 4.78 is 0.483. The van der Waals surface area contributed by atoms with Gasteiger partial charge in [0.1, 0.15) is 0 Å². The third-order valence-corrected chi connectivity index (χ3v) is 3.71. The van der Waals surface area contributed by atoms with Crippen molar-refractivity contribution in [3.63, 3.8) is 0 Å². The van der Waals surface area contributed by atoms with E-state index in [1.165, 1.54) is 17.0 Å². The minimum atomic E-state index is -0.812. The predicted molar refractivity (Wildman–Crippen MR) is 71.9 cm³/mol. The quantitative estimate of drug-likeness (QED) is 0.679. The van der Waals surface area contributed by atoms with Gasteiger partial charge in [-0.1, -0.05) is 22.9 Å². The molecule has 0 aromatic heterocycles. The topological polar surface area (TPSA) is 83.7 Å². The van der Waals surface area contributed by atoms with Crippen LogP contribution in [0.5, 0.6) is 0 Å². The van der Waals surface area contributed by atoms with Gasteiger partial charge in [0.05, 0.1) is 23.6 Å². The Morgan fingerprint density at radius 1 is 1.53 bits per heavy atom. The third-order valence-electron chi connectivity index (χ3n) is 3.26. The van der Waals surface area contributed by atoms with Gasteiger partial charge in [0, 0.05) is 22.2 Å². The van der Waals surface area contributed by atoms with Crippen LogP contribution in [0.2, 0.25) is 0 Å². The second-order valence-electron chi connectivity index (χ2n) is 4.69. The first kappa shape index (κ1) is 14.0. The maximum Gasteiger partial charge on any atom is 0.271 e. The predicted octanol–water partition coefficient (Wildman–Crippen LogP) is 1.95. The largest absolute Gasteiger partial charge is 0.386 e. The molecule has 1 fully saturated rings. The molecule has 0 radical (unpaired) electrons. The lowest BCUT2D eigenvalue weighted by atomic mass is 9.90. The molecule has 6 nitrogen and oxygen atoms in total. The molecule has 1 heterocycles. The van der Waals surface area contributed by atoms with Crippen molar-refractivity contribution >= 4 is 27.5 Å². The zero-order valence-electron chi connectivity index (χ0n) is 10.3. The van der Waals surface area contributed by atoms with Crippen LogP contribution in [-0.2, 0) is 0 Å². The fraction of sp³-hybridized carbons (Fsp3) is 0.417.